The van der Waals surface area contributed by atoms with Crippen molar-refractivity contribution >= 4 is 28.6 Å². The summed E-state index contributed by atoms with van der Waals surface area (Å²) in [5.74, 6) is -0.355. The standard InChI is InChI=1S/C11H11NO2S2/c13-7-10(14)12-11(8-3-1-5-15-8)9-4-2-6-16-9/h1-6,11,13H,7H2,(H,12,14). The fourth-order valence-corrected chi connectivity index (χ4v) is 3.06. The SMILES string of the molecule is O=C(CO)NC(c1cccs1)c1cccs1. The molecule has 0 radical (unpaired) electrons. The van der Waals surface area contributed by atoms with Crippen molar-refractivity contribution in [2.45, 2.75) is 6.04 Å². The predicted octanol–water partition coefficient (Wildman–Crippen LogP) is 2.01. The zero-order chi connectivity index (χ0) is 11.4. The number of carbonyl (C=O) groups excluding carboxylic acids is 1. The monoisotopic (exact) mass is 253 g/mol. The molecular weight excluding hydrogens is 242 g/mol. The van der Waals surface area contributed by atoms with E-state index in [4.69, 9.17) is 5.11 Å². The molecule has 2 aromatic rings. The quantitative estimate of drug-likeness (QED) is 0.875. The maximum Gasteiger partial charge on any atom is 0.246 e. The number of thiophene rings is 2. The molecule has 0 aromatic carbocycles. The average molecular weight is 253 g/mol. The van der Waals surface area contributed by atoms with E-state index in [1.54, 1.807) is 22.7 Å². The molecule has 0 atom stereocenters. The molecule has 0 aliphatic carbocycles. The first-order chi connectivity index (χ1) is 7.81. The van der Waals surface area contributed by atoms with Crippen molar-refractivity contribution < 1.29 is 9.90 Å². The number of amides is 1. The molecule has 2 heterocycles. The van der Waals surface area contributed by atoms with Crippen LogP contribution in [0.25, 0.3) is 0 Å². The largest absolute Gasteiger partial charge is 0.387 e. The molecule has 1 amide bonds. The Morgan fingerprint density at radius 2 is 1.81 bits per heavy atom. The Morgan fingerprint density at radius 1 is 1.25 bits per heavy atom. The third-order valence-corrected chi connectivity index (χ3v) is 3.98. The molecule has 2 N–H and O–H groups in total. The van der Waals surface area contributed by atoms with E-state index in [1.165, 1.54) is 0 Å². The van der Waals surface area contributed by atoms with Gasteiger partial charge >= 0.3 is 0 Å². The minimum absolute atomic E-state index is 0.139. The summed E-state index contributed by atoms with van der Waals surface area (Å²) < 4.78 is 0. The molecule has 0 saturated carbocycles. The van der Waals surface area contributed by atoms with Crippen molar-refractivity contribution in [3.8, 4) is 0 Å². The first-order valence-corrected chi connectivity index (χ1v) is 6.54. The number of nitrogens with one attached hydrogen (secondary N) is 1. The smallest absolute Gasteiger partial charge is 0.246 e. The van der Waals surface area contributed by atoms with Crippen molar-refractivity contribution in [1.29, 1.82) is 0 Å². The lowest BCUT2D eigenvalue weighted by Crippen LogP contribution is -2.30. The summed E-state index contributed by atoms with van der Waals surface area (Å²) in [7, 11) is 0. The van der Waals surface area contributed by atoms with E-state index in [9.17, 15) is 4.79 Å². The van der Waals surface area contributed by atoms with Gasteiger partial charge in [-0.25, -0.2) is 0 Å². The van der Waals surface area contributed by atoms with Crippen LogP contribution in [0.5, 0.6) is 0 Å². The Labute approximate surface area is 101 Å². The van der Waals surface area contributed by atoms with E-state index in [1.807, 2.05) is 35.0 Å². The number of rotatable bonds is 4. The van der Waals surface area contributed by atoms with Crippen LogP contribution in [0.4, 0.5) is 0 Å². The molecule has 0 spiro atoms. The second-order valence-electron chi connectivity index (χ2n) is 3.19. The average Bonchev–Trinajstić information content (AvgIpc) is 2.97. The highest BCUT2D eigenvalue weighted by atomic mass is 32.1. The summed E-state index contributed by atoms with van der Waals surface area (Å²) in [6.07, 6.45) is 0. The molecule has 2 aromatic heterocycles. The Hall–Kier alpha value is -1.17. The van der Waals surface area contributed by atoms with Gasteiger partial charge in [0, 0.05) is 9.75 Å². The van der Waals surface area contributed by atoms with Gasteiger partial charge in [0.05, 0.1) is 6.04 Å². The third-order valence-electron chi connectivity index (χ3n) is 2.10. The van der Waals surface area contributed by atoms with E-state index < -0.39 is 6.61 Å². The first-order valence-electron chi connectivity index (χ1n) is 4.78. The highest BCUT2D eigenvalue weighted by molar-refractivity contribution is 7.11. The molecule has 0 bridgehead atoms. The van der Waals surface area contributed by atoms with Crippen LogP contribution in [-0.4, -0.2) is 17.6 Å². The Morgan fingerprint density at radius 3 is 2.19 bits per heavy atom. The van der Waals surface area contributed by atoms with Crippen LogP contribution in [-0.2, 0) is 4.79 Å². The minimum atomic E-state index is -0.479. The topological polar surface area (TPSA) is 49.3 Å². The van der Waals surface area contributed by atoms with Crippen molar-refractivity contribution in [2.75, 3.05) is 6.61 Å². The summed E-state index contributed by atoms with van der Waals surface area (Å²) in [4.78, 5) is 13.4. The molecular formula is C11H11NO2S2. The van der Waals surface area contributed by atoms with Crippen LogP contribution in [0.15, 0.2) is 35.0 Å². The zero-order valence-electron chi connectivity index (χ0n) is 8.42. The summed E-state index contributed by atoms with van der Waals surface area (Å²) in [6, 6.07) is 7.72. The van der Waals surface area contributed by atoms with Gasteiger partial charge in [0.25, 0.3) is 0 Å². The highest BCUT2D eigenvalue weighted by Gasteiger charge is 2.17. The summed E-state index contributed by atoms with van der Waals surface area (Å²) in [5.41, 5.74) is 0. The van der Waals surface area contributed by atoms with Crippen molar-refractivity contribution in [2.24, 2.45) is 0 Å². The second kappa shape index (κ2) is 5.25. The van der Waals surface area contributed by atoms with Crippen LogP contribution in [0.2, 0.25) is 0 Å². The Balaban J connectivity index is 2.24. The lowest BCUT2D eigenvalue weighted by atomic mass is 10.2. The number of hydrogen-bond acceptors (Lipinski definition) is 4. The van der Waals surface area contributed by atoms with Gasteiger partial charge in [-0.15, -0.1) is 22.7 Å². The number of aliphatic hydroxyl groups is 1. The van der Waals surface area contributed by atoms with Gasteiger partial charge in [0.15, 0.2) is 0 Å². The molecule has 0 unspecified atom stereocenters. The van der Waals surface area contributed by atoms with E-state index in [2.05, 4.69) is 5.32 Å². The molecule has 0 aliphatic heterocycles. The van der Waals surface area contributed by atoms with Crippen LogP contribution in [0.1, 0.15) is 15.8 Å². The van der Waals surface area contributed by atoms with Gasteiger partial charge in [0.1, 0.15) is 6.61 Å². The highest BCUT2D eigenvalue weighted by Crippen LogP contribution is 2.28. The first kappa shape index (κ1) is 11.3. The van der Waals surface area contributed by atoms with Gasteiger partial charge < -0.3 is 10.4 Å². The molecule has 5 heteroatoms. The Bertz CT molecular complexity index is 402. The number of aliphatic hydroxyl groups excluding tert-OH is 1. The van der Waals surface area contributed by atoms with Gasteiger partial charge in [0.2, 0.25) is 5.91 Å². The van der Waals surface area contributed by atoms with Gasteiger partial charge in [-0.1, -0.05) is 12.1 Å². The lowest BCUT2D eigenvalue weighted by Gasteiger charge is -2.15. The Kier molecular flexibility index (Phi) is 3.71. The van der Waals surface area contributed by atoms with E-state index in [-0.39, 0.29) is 11.9 Å². The fraction of sp³-hybridized carbons (Fsp3) is 0.182. The maximum absolute atomic E-state index is 11.3. The van der Waals surface area contributed by atoms with Gasteiger partial charge in [-0.05, 0) is 22.9 Å². The van der Waals surface area contributed by atoms with Crippen molar-refractivity contribution in [3.63, 3.8) is 0 Å². The van der Waals surface area contributed by atoms with E-state index in [0.29, 0.717) is 0 Å². The van der Waals surface area contributed by atoms with Gasteiger partial charge in [-0.3, -0.25) is 4.79 Å². The third kappa shape index (κ3) is 2.49. The van der Waals surface area contributed by atoms with Gasteiger partial charge in [-0.2, -0.15) is 0 Å². The van der Waals surface area contributed by atoms with Crippen LogP contribution < -0.4 is 5.32 Å². The van der Waals surface area contributed by atoms with Crippen LogP contribution in [0.3, 0.4) is 0 Å². The molecule has 0 fully saturated rings. The molecule has 16 heavy (non-hydrogen) atoms. The number of carbonyl (C=O) groups is 1. The summed E-state index contributed by atoms with van der Waals surface area (Å²) in [5, 5.41) is 15.5. The number of hydrogen-bond donors (Lipinski definition) is 2. The molecule has 0 saturated heterocycles. The summed E-state index contributed by atoms with van der Waals surface area (Å²) in [6.45, 7) is -0.479. The van der Waals surface area contributed by atoms with E-state index >= 15 is 0 Å². The van der Waals surface area contributed by atoms with Crippen LogP contribution >= 0.6 is 22.7 Å². The van der Waals surface area contributed by atoms with Crippen molar-refractivity contribution in [3.05, 3.63) is 44.8 Å². The zero-order valence-corrected chi connectivity index (χ0v) is 10.1. The van der Waals surface area contributed by atoms with E-state index in [0.717, 1.165) is 9.75 Å². The summed E-state index contributed by atoms with van der Waals surface area (Å²) >= 11 is 3.18. The molecule has 2 rings (SSSR count). The minimum Gasteiger partial charge on any atom is -0.387 e. The van der Waals surface area contributed by atoms with Crippen LogP contribution in [0, 0.1) is 0 Å². The maximum atomic E-state index is 11.3. The molecule has 0 aliphatic rings. The van der Waals surface area contributed by atoms with Crippen molar-refractivity contribution in [1.82, 2.24) is 5.32 Å². The second-order valence-corrected chi connectivity index (χ2v) is 5.15. The lowest BCUT2D eigenvalue weighted by molar-refractivity contribution is -0.124. The fourth-order valence-electron chi connectivity index (χ4n) is 1.40. The molecule has 3 nitrogen and oxygen atoms in total. The molecule has 84 valence electrons. The normalized spacial score (nSPS) is 10.6. The predicted molar refractivity (Wildman–Crippen MR) is 65.7 cm³/mol.